The summed E-state index contributed by atoms with van der Waals surface area (Å²) in [5, 5.41) is 8.87. The Morgan fingerprint density at radius 2 is 2.19 bits per heavy atom. The van der Waals surface area contributed by atoms with Crippen LogP contribution in [0.2, 0.25) is 0 Å². The fourth-order valence-electron chi connectivity index (χ4n) is 3.36. The van der Waals surface area contributed by atoms with Gasteiger partial charge in [-0.2, -0.15) is 0 Å². The van der Waals surface area contributed by atoms with Crippen LogP contribution in [0.1, 0.15) is 25.7 Å². The number of hydrogen-bond donors (Lipinski definition) is 1. The topological polar surface area (TPSA) is 47.3 Å². The molecule has 0 spiro atoms. The number of rotatable bonds is 6. The van der Waals surface area contributed by atoms with Crippen LogP contribution in [-0.4, -0.2) is 27.9 Å². The summed E-state index contributed by atoms with van der Waals surface area (Å²) >= 11 is 0. The Morgan fingerprint density at radius 3 is 2.90 bits per heavy atom. The monoisotopic (exact) mass is 284 g/mol. The summed E-state index contributed by atoms with van der Waals surface area (Å²) in [5.74, 6) is 2.67. The van der Waals surface area contributed by atoms with E-state index in [1.807, 2.05) is 24.4 Å². The Labute approximate surface area is 124 Å². The summed E-state index contributed by atoms with van der Waals surface area (Å²) < 4.78 is 7.89. The van der Waals surface area contributed by atoms with E-state index < -0.39 is 0 Å². The first kappa shape index (κ1) is 12.9. The molecule has 4 heteroatoms. The van der Waals surface area contributed by atoms with E-state index in [0.29, 0.717) is 12.1 Å². The minimum Gasteiger partial charge on any atom is -0.491 e. The predicted octanol–water partition coefficient (Wildman–Crippen LogP) is 2.82. The summed E-state index contributed by atoms with van der Waals surface area (Å²) in [6.07, 6.45) is 9.30. The van der Waals surface area contributed by atoms with E-state index in [9.17, 15) is 0 Å². The second-order valence-electron chi connectivity index (χ2n) is 6.10. The maximum Gasteiger partial charge on any atom is 0.140 e. The van der Waals surface area contributed by atoms with Crippen LogP contribution in [0.4, 0.5) is 0 Å². The van der Waals surface area contributed by atoms with Gasteiger partial charge in [0.2, 0.25) is 0 Å². The minimum atomic E-state index is 0.0314. The zero-order valence-electron chi connectivity index (χ0n) is 12.0. The molecule has 21 heavy (non-hydrogen) atoms. The van der Waals surface area contributed by atoms with Crippen LogP contribution in [0.15, 0.2) is 36.7 Å². The average Bonchev–Trinajstić information content (AvgIpc) is 3.43. The van der Waals surface area contributed by atoms with Crippen LogP contribution >= 0.6 is 0 Å². The first-order valence-corrected chi connectivity index (χ1v) is 7.71. The third-order valence-corrected chi connectivity index (χ3v) is 4.67. The first-order valence-electron chi connectivity index (χ1n) is 7.71. The quantitative estimate of drug-likeness (QED) is 0.887. The van der Waals surface area contributed by atoms with Crippen LogP contribution in [0, 0.1) is 5.92 Å². The van der Waals surface area contributed by atoms with Crippen molar-refractivity contribution < 1.29 is 9.84 Å². The molecule has 0 aliphatic heterocycles. The maximum absolute atomic E-state index is 8.87. The van der Waals surface area contributed by atoms with Crippen molar-refractivity contribution >= 4 is 0 Å². The van der Waals surface area contributed by atoms with E-state index in [4.69, 9.17) is 9.84 Å². The Balaban J connectivity index is 1.66. The molecule has 1 aromatic carbocycles. The summed E-state index contributed by atoms with van der Waals surface area (Å²) in [6, 6.07) is 7.99. The number of nitrogens with zero attached hydrogens (tertiary/aromatic N) is 2. The third kappa shape index (κ3) is 2.23. The average molecular weight is 284 g/mol. The largest absolute Gasteiger partial charge is 0.491 e. The van der Waals surface area contributed by atoms with Gasteiger partial charge in [0.15, 0.2) is 0 Å². The smallest absolute Gasteiger partial charge is 0.140 e. The van der Waals surface area contributed by atoms with Gasteiger partial charge in [0.1, 0.15) is 18.2 Å². The lowest BCUT2D eigenvalue weighted by Crippen LogP contribution is -2.19. The molecule has 2 aliphatic carbocycles. The zero-order valence-corrected chi connectivity index (χ0v) is 12.0. The number of ether oxygens (including phenoxy) is 1. The number of benzene rings is 1. The van der Waals surface area contributed by atoms with Crippen molar-refractivity contribution in [3.63, 3.8) is 0 Å². The van der Waals surface area contributed by atoms with E-state index in [2.05, 4.69) is 21.8 Å². The van der Waals surface area contributed by atoms with Gasteiger partial charge in [-0.25, -0.2) is 4.98 Å². The molecular formula is C17H20N2O2. The van der Waals surface area contributed by atoms with E-state index in [1.165, 1.54) is 25.7 Å². The molecule has 0 amide bonds. The van der Waals surface area contributed by atoms with Crippen LogP contribution in [0.5, 0.6) is 5.75 Å². The molecule has 0 saturated heterocycles. The molecule has 1 heterocycles. The number of aliphatic hydroxyl groups is 1. The molecule has 2 fully saturated rings. The second kappa shape index (κ2) is 4.88. The van der Waals surface area contributed by atoms with E-state index in [1.54, 1.807) is 0 Å². The highest BCUT2D eigenvalue weighted by molar-refractivity contribution is 5.59. The van der Waals surface area contributed by atoms with Crippen molar-refractivity contribution in [3.05, 3.63) is 36.7 Å². The van der Waals surface area contributed by atoms with Crippen molar-refractivity contribution in [3.8, 4) is 17.1 Å². The number of aliphatic hydroxyl groups excluding tert-OH is 1. The second-order valence-corrected chi connectivity index (χ2v) is 6.10. The van der Waals surface area contributed by atoms with Crippen molar-refractivity contribution in [2.24, 2.45) is 5.92 Å². The van der Waals surface area contributed by atoms with Crippen LogP contribution in [0.25, 0.3) is 11.4 Å². The normalized spacial score (nSPS) is 19.5. The minimum absolute atomic E-state index is 0.0314. The van der Waals surface area contributed by atoms with Gasteiger partial charge in [0.25, 0.3) is 0 Å². The van der Waals surface area contributed by atoms with Gasteiger partial charge in [0, 0.05) is 23.5 Å². The summed E-state index contributed by atoms with van der Waals surface area (Å²) in [5.41, 5.74) is 1.43. The summed E-state index contributed by atoms with van der Waals surface area (Å²) in [7, 11) is 0. The molecule has 4 nitrogen and oxygen atoms in total. The maximum atomic E-state index is 8.87. The van der Waals surface area contributed by atoms with Gasteiger partial charge in [0.05, 0.1) is 6.61 Å². The number of hydrogen-bond acceptors (Lipinski definition) is 3. The molecule has 2 saturated carbocycles. The lowest BCUT2D eigenvalue weighted by molar-refractivity contribution is 0.201. The van der Waals surface area contributed by atoms with Crippen molar-refractivity contribution in [2.45, 2.75) is 31.2 Å². The lowest BCUT2D eigenvalue weighted by Gasteiger charge is -2.19. The van der Waals surface area contributed by atoms with Crippen LogP contribution in [0.3, 0.4) is 0 Å². The highest BCUT2D eigenvalue weighted by atomic mass is 16.5. The predicted molar refractivity (Wildman–Crippen MR) is 80.2 cm³/mol. The molecule has 0 bridgehead atoms. The Morgan fingerprint density at radius 1 is 1.33 bits per heavy atom. The van der Waals surface area contributed by atoms with Gasteiger partial charge in [-0.05, 0) is 43.7 Å². The molecule has 4 rings (SSSR count). The molecule has 110 valence electrons. The van der Waals surface area contributed by atoms with Crippen molar-refractivity contribution in [2.75, 3.05) is 13.2 Å². The van der Waals surface area contributed by atoms with Gasteiger partial charge in [-0.1, -0.05) is 12.1 Å². The molecule has 1 aromatic heterocycles. The Bertz CT molecular complexity index is 642. The summed E-state index contributed by atoms with van der Waals surface area (Å²) in [4.78, 5) is 4.58. The summed E-state index contributed by atoms with van der Waals surface area (Å²) in [6.45, 7) is 0.355. The van der Waals surface area contributed by atoms with Crippen molar-refractivity contribution in [1.82, 2.24) is 9.55 Å². The molecule has 2 aliphatic rings. The lowest BCUT2D eigenvalue weighted by atomic mass is 10.1. The van der Waals surface area contributed by atoms with Crippen molar-refractivity contribution in [1.29, 1.82) is 0 Å². The molecule has 0 radical (unpaired) electrons. The Hall–Kier alpha value is -1.81. The standard InChI is InChI=1S/C17H20N2O2/c20-10-11-21-15-3-1-2-13(12-15)16-18-8-9-19(16)17(6-7-17)14-4-5-14/h1-3,8-9,12,14,20H,4-7,10-11H2. The molecular weight excluding hydrogens is 264 g/mol. The first-order chi connectivity index (χ1) is 10.3. The highest BCUT2D eigenvalue weighted by Crippen LogP contribution is 2.60. The molecule has 1 N–H and O–H groups in total. The fourth-order valence-corrected chi connectivity index (χ4v) is 3.36. The molecule has 0 atom stereocenters. The number of aromatic nitrogens is 2. The van der Waals surface area contributed by atoms with Gasteiger partial charge in [-0.15, -0.1) is 0 Å². The Kier molecular flexibility index (Phi) is 3.00. The highest BCUT2D eigenvalue weighted by Gasteiger charge is 2.55. The van der Waals surface area contributed by atoms with Gasteiger partial charge >= 0.3 is 0 Å². The zero-order chi connectivity index (χ0) is 14.3. The van der Waals surface area contributed by atoms with Gasteiger partial charge < -0.3 is 14.4 Å². The SMILES string of the molecule is OCCOc1cccc(-c2nccn2C2(C3CC3)CC2)c1. The third-order valence-electron chi connectivity index (χ3n) is 4.67. The number of imidazole rings is 1. The van der Waals surface area contributed by atoms with Gasteiger partial charge in [-0.3, -0.25) is 0 Å². The van der Waals surface area contributed by atoms with E-state index >= 15 is 0 Å². The molecule has 0 unspecified atom stereocenters. The van der Waals surface area contributed by atoms with E-state index in [0.717, 1.165) is 23.1 Å². The van der Waals surface area contributed by atoms with Crippen LogP contribution in [-0.2, 0) is 5.54 Å². The van der Waals surface area contributed by atoms with Crippen LogP contribution < -0.4 is 4.74 Å². The fraction of sp³-hybridized carbons (Fsp3) is 0.471. The molecule has 2 aromatic rings. The van der Waals surface area contributed by atoms with E-state index in [-0.39, 0.29) is 6.61 Å².